The Hall–Kier alpha value is 0.390. The lowest BCUT2D eigenvalue weighted by Gasteiger charge is -2.00. The maximum Gasteiger partial charge on any atom is 0.0299 e. The first-order valence-electron chi connectivity index (χ1n) is 4.22. The van der Waals surface area contributed by atoms with Gasteiger partial charge < -0.3 is 5.32 Å². The van der Waals surface area contributed by atoms with Crippen molar-refractivity contribution in [3.63, 3.8) is 0 Å². The Labute approximate surface area is 91.7 Å². The molecule has 0 amide bonds. The van der Waals surface area contributed by atoms with Gasteiger partial charge in [0, 0.05) is 11.4 Å². The van der Waals surface area contributed by atoms with Gasteiger partial charge in [-0.15, -0.1) is 11.3 Å². The summed E-state index contributed by atoms with van der Waals surface area (Å²) >= 11 is 4.25. The molecule has 12 heavy (non-hydrogen) atoms. The lowest BCUT2D eigenvalue weighted by molar-refractivity contribution is 0.650. The van der Waals surface area contributed by atoms with E-state index in [9.17, 15) is 0 Å². The van der Waals surface area contributed by atoms with Gasteiger partial charge in [0.25, 0.3) is 0 Å². The number of hydrogen-bond donors (Lipinski definition) is 1. The number of alkyl halides is 1. The third kappa shape index (κ3) is 4.42. The topological polar surface area (TPSA) is 12.0 Å². The van der Waals surface area contributed by atoms with E-state index in [0.29, 0.717) is 0 Å². The summed E-state index contributed by atoms with van der Waals surface area (Å²) in [5.41, 5.74) is 0. The highest BCUT2D eigenvalue weighted by molar-refractivity contribution is 14.1. The molecule has 68 valence electrons. The highest BCUT2D eigenvalue weighted by Gasteiger charge is 1.91. The molecule has 0 bridgehead atoms. The molecule has 0 aliphatic heterocycles. The maximum absolute atomic E-state index is 3.43. The zero-order chi connectivity index (χ0) is 8.65. The van der Waals surface area contributed by atoms with Gasteiger partial charge in [0.05, 0.1) is 0 Å². The second-order valence-electron chi connectivity index (χ2n) is 2.65. The molecule has 1 aromatic heterocycles. The zero-order valence-electron chi connectivity index (χ0n) is 7.05. The van der Waals surface area contributed by atoms with E-state index in [1.807, 2.05) is 11.3 Å². The highest BCUT2D eigenvalue weighted by Crippen LogP contribution is 2.07. The molecule has 0 atom stereocenters. The fourth-order valence-corrected chi connectivity index (χ4v) is 2.18. The summed E-state index contributed by atoms with van der Waals surface area (Å²) in [6, 6.07) is 4.28. The highest BCUT2D eigenvalue weighted by atomic mass is 127. The van der Waals surface area contributed by atoms with E-state index >= 15 is 0 Å². The summed E-state index contributed by atoms with van der Waals surface area (Å²) in [5, 5.41) is 5.56. The van der Waals surface area contributed by atoms with E-state index in [2.05, 4.69) is 45.4 Å². The SMILES string of the molecule is ICCCCNCc1cccs1. The van der Waals surface area contributed by atoms with Crippen LogP contribution in [0.25, 0.3) is 0 Å². The smallest absolute Gasteiger partial charge is 0.0299 e. The first-order chi connectivity index (χ1) is 5.93. The van der Waals surface area contributed by atoms with Crippen LogP contribution in [0.4, 0.5) is 0 Å². The molecule has 1 rings (SSSR count). The average molecular weight is 295 g/mol. The monoisotopic (exact) mass is 295 g/mol. The molecular weight excluding hydrogens is 281 g/mol. The Kier molecular flexibility index (Phi) is 5.98. The summed E-state index contributed by atoms with van der Waals surface area (Å²) in [6.07, 6.45) is 2.63. The van der Waals surface area contributed by atoms with Crippen molar-refractivity contribution >= 4 is 33.9 Å². The summed E-state index contributed by atoms with van der Waals surface area (Å²) in [6.45, 7) is 2.19. The van der Waals surface area contributed by atoms with E-state index < -0.39 is 0 Å². The first-order valence-corrected chi connectivity index (χ1v) is 6.63. The third-order valence-corrected chi connectivity index (χ3v) is 3.26. The summed E-state index contributed by atoms with van der Waals surface area (Å²) < 4.78 is 1.28. The van der Waals surface area contributed by atoms with Crippen molar-refractivity contribution < 1.29 is 0 Å². The van der Waals surface area contributed by atoms with Crippen molar-refractivity contribution in [1.29, 1.82) is 0 Å². The van der Waals surface area contributed by atoms with Crippen molar-refractivity contribution in [2.24, 2.45) is 0 Å². The number of rotatable bonds is 6. The number of hydrogen-bond acceptors (Lipinski definition) is 2. The van der Waals surface area contributed by atoms with Gasteiger partial charge in [-0.3, -0.25) is 0 Å². The van der Waals surface area contributed by atoms with Crippen LogP contribution in [0.2, 0.25) is 0 Å². The zero-order valence-corrected chi connectivity index (χ0v) is 10.0. The molecule has 3 heteroatoms. The largest absolute Gasteiger partial charge is 0.312 e. The van der Waals surface area contributed by atoms with Crippen molar-refractivity contribution in [3.8, 4) is 0 Å². The molecule has 1 heterocycles. The van der Waals surface area contributed by atoms with Gasteiger partial charge in [0.2, 0.25) is 0 Å². The standard InChI is InChI=1S/C9H14INS/c10-5-1-2-6-11-8-9-4-3-7-12-9/h3-4,7,11H,1-2,5-6,8H2. The van der Waals surface area contributed by atoms with Crippen LogP contribution >= 0.6 is 33.9 Å². The summed E-state index contributed by atoms with van der Waals surface area (Å²) in [7, 11) is 0. The fourth-order valence-electron chi connectivity index (χ4n) is 0.969. The summed E-state index contributed by atoms with van der Waals surface area (Å²) in [4.78, 5) is 1.43. The molecule has 1 aromatic rings. The van der Waals surface area contributed by atoms with Crippen molar-refractivity contribution in [1.82, 2.24) is 5.32 Å². The molecular formula is C9H14INS. The van der Waals surface area contributed by atoms with Gasteiger partial charge in [0.1, 0.15) is 0 Å². The van der Waals surface area contributed by atoms with Gasteiger partial charge in [0.15, 0.2) is 0 Å². The number of halogens is 1. The Balaban J connectivity index is 1.96. The van der Waals surface area contributed by atoms with Crippen LogP contribution in [0.15, 0.2) is 17.5 Å². The predicted octanol–water partition coefficient (Wildman–Crippen LogP) is 3.05. The van der Waals surface area contributed by atoms with Crippen molar-refractivity contribution in [3.05, 3.63) is 22.4 Å². The van der Waals surface area contributed by atoms with Crippen LogP contribution in [0.5, 0.6) is 0 Å². The first kappa shape index (κ1) is 10.5. The molecule has 0 aliphatic rings. The number of thiophene rings is 1. The predicted molar refractivity (Wildman–Crippen MR) is 64.1 cm³/mol. The molecule has 1 N–H and O–H groups in total. The lowest BCUT2D eigenvalue weighted by atomic mass is 10.3. The van der Waals surface area contributed by atoms with Crippen molar-refractivity contribution in [2.45, 2.75) is 19.4 Å². The Morgan fingerprint density at radius 1 is 1.42 bits per heavy atom. The van der Waals surface area contributed by atoms with Crippen LogP contribution < -0.4 is 5.32 Å². The summed E-state index contributed by atoms with van der Waals surface area (Å²) in [5.74, 6) is 0. The Morgan fingerprint density at radius 3 is 3.00 bits per heavy atom. The van der Waals surface area contributed by atoms with Gasteiger partial charge in [-0.1, -0.05) is 28.7 Å². The van der Waals surface area contributed by atoms with Gasteiger partial charge in [-0.25, -0.2) is 0 Å². The minimum atomic E-state index is 1.04. The van der Waals surface area contributed by atoms with Crippen LogP contribution in [0, 0.1) is 0 Å². The molecule has 0 saturated heterocycles. The van der Waals surface area contributed by atoms with E-state index in [0.717, 1.165) is 13.1 Å². The van der Waals surface area contributed by atoms with Crippen LogP contribution in [0.1, 0.15) is 17.7 Å². The maximum atomic E-state index is 3.43. The molecule has 0 unspecified atom stereocenters. The molecule has 0 saturated carbocycles. The minimum Gasteiger partial charge on any atom is -0.312 e. The number of nitrogens with one attached hydrogen (secondary N) is 1. The van der Waals surface area contributed by atoms with Gasteiger partial charge >= 0.3 is 0 Å². The molecule has 0 spiro atoms. The minimum absolute atomic E-state index is 1.04. The lowest BCUT2D eigenvalue weighted by Crippen LogP contribution is -2.13. The quantitative estimate of drug-likeness (QED) is 0.483. The van der Waals surface area contributed by atoms with E-state index in [4.69, 9.17) is 0 Å². The van der Waals surface area contributed by atoms with Gasteiger partial charge in [-0.05, 0) is 35.3 Å². The molecule has 1 nitrogen and oxygen atoms in total. The normalized spacial score (nSPS) is 10.4. The van der Waals surface area contributed by atoms with Gasteiger partial charge in [-0.2, -0.15) is 0 Å². The van der Waals surface area contributed by atoms with Crippen LogP contribution in [-0.4, -0.2) is 11.0 Å². The molecule has 0 aliphatic carbocycles. The molecule has 0 fully saturated rings. The van der Waals surface area contributed by atoms with Crippen LogP contribution in [0.3, 0.4) is 0 Å². The van der Waals surface area contributed by atoms with E-state index in [-0.39, 0.29) is 0 Å². The second kappa shape index (κ2) is 6.86. The van der Waals surface area contributed by atoms with Crippen molar-refractivity contribution in [2.75, 3.05) is 11.0 Å². The van der Waals surface area contributed by atoms with E-state index in [1.165, 1.54) is 22.1 Å². The average Bonchev–Trinajstić information content (AvgIpc) is 2.57. The van der Waals surface area contributed by atoms with Crippen LogP contribution in [-0.2, 0) is 6.54 Å². The molecule has 0 aromatic carbocycles. The number of unbranched alkanes of at least 4 members (excludes halogenated alkanes) is 1. The fraction of sp³-hybridized carbons (Fsp3) is 0.556. The Morgan fingerprint density at radius 2 is 2.33 bits per heavy atom. The Bertz CT molecular complexity index is 186. The van der Waals surface area contributed by atoms with E-state index in [1.54, 1.807) is 0 Å². The third-order valence-electron chi connectivity index (χ3n) is 1.62. The molecule has 0 radical (unpaired) electrons. The second-order valence-corrected chi connectivity index (χ2v) is 4.76.